The first-order valence-corrected chi connectivity index (χ1v) is 8.95. The summed E-state index contributed by atoms with van der Waals surface area (Å²) in [6.07, 6.45) is 2.02. The molecule has 1 aliphatic heterocycles. The number of aryl methyl sites for hydroxylation is 1. The molecule has 1 fully saturated rings. The van der Waals surface area contributed by atoms with Crippen LogP contribution in [0.2, 0.25) is 0 Å². The molecule has 0 bridgehead atoms. The van der Waals surface area contributed by atoms with Gasteiger partial charge >= 0.3 is 0 Å². The van der Waals surface area contributed by atoms with Crippen molar-refractivity contribution < 1.29 is 28.6 Å². The smallest absolute Gasteiger partial charge is 0.295 e. The second-order valence-corrected chi connectivity index (χ2v) is 6.56. The average Bonchev–Trinajstić information content (AvgIpc) is 3.30. The van der Waals surface area contributed by atoms with Crippen LogP contribution in [-0.4, -0.2) is 49.1 Å². The number of likely N-dealkylation sites (tertiary alicyclic amines) is 1. The molecule has 0 spiro atoms. The van der Waals surface area contributed by atoms with Gasteiger partial charge in [0.05, 0.1) is 24.5 Å². The van der Waals surface area contributed by atoms with E-state index in [0.29, 0.717) is 36.6 Å². The zero-order valence-electron chi connectivity index (χ0n) is 16.1. The summed E-state index contributed by atoms with van der Waals surface area (Å²) in [5, 5.41) is 11.0. The SMILES string of the molecule is COCCCN1C(=O)C(=O)/C(=C(\O)c2cc(C)ccc2OC)C1c1ccco1. The third-order valence-electron chi connectivity index (χ3n) is 4.71. The number of carbonyl (C=O) groups is 2. The van der Waals surface area contributed by atoms with Crippen molar-refractivity contribution in [2.24, 2.45) is 0 Å². The molecule has 1 N–H and O–H groups in total. The van der Waals surface area contributed by atoms with E-state index in [1.165, 1.54) is 18.3 Å². The quantitative estimate of drug-likeness (QED) is 0.341. The summed E-state index contributed by atoms with van der Waals surface area (Å²) < 4.78 is 15.9. The molecule has 2 aromatic rings. The Hall–Kier alpha value is -3.06. The number of furan rings is 1. The number of aliphatic hydroxyl groups is 1. The maximum absolute atomic E-state index is 12.8. The van der Waals surface area contributed by atoms with Crippen molar-refractivity contribution >= 4 is 17.4 Å². The third-order valence-corrected chi connectivity index (χ3v) is 4.71. The van der Waals surface area contributed by atoms with Gasteiger partial charge in [-0.1, -0.05) is 11.6 Å². The van der Waals surface area contributed by atoms with Gasteiger partial charge < -0.3 is 23.9 Å². The first-order chi connectivity index (χ1) is 13.5. The van der Waals surface area contributed by atoms with Crippen molar-refractivity contribution in [3.63, 3.8) is 0 Å². The lowest BCUT2D eigenvalue weighted by atomic mass is 9.98. The number of rotatable bonds is 7. The first kappa shape index (κ1) is 19.7. The predicted molar refractivity (Wildman–Crippen MR) is 102 cm³/mol. The summed E-state index contributed by atoms with van der Waals surface area (Å²) in [4.78, 5) is 26.9. The molecule has 148 valence electrons. The molecule has 0 aliphatic carbocycles. The molecule has 1 unspecified atom stereocenters. The topological polar surface area (TPSA) is 89.2 Å². The normalized spacial score (nSPS) is 18.7. The lowest BCUT2D eigenvalue weighted by Gasteiger charge is -2.23. The summed E-state index contributed by atoms with van der Waals surface area (Å²) in [5.41, 5.74) is 1.22. The Bertz CT molecular complexity index is 900. The predicted octanol–water partition coefficient (Wildman–Crippen LogP) is 3.05. The van der Waals surface area contributed by atoms with E-state index < -0.39 is 17.7 Å². The van der Waals surface area contributed by atoms with Crippen LogP contribution in [0.25, 0.3) is 5.76 Å². The molecule has 1 atom stereocenters. The van der Waals surface area contributed by atoms with E-state index in [2.05, 4.69) is 0 Å². The lowest BCUT2D eigenvalue weighted by molar-refractivity contribution is -0.140. The van der Waals surface area contributed by atoms with Crippen LogP contribution < -0.4 is 4.74 Å². The average molecular weight is 385 g/mol. The van der Waals surface area contributed by atoms with Crippen LogP contribution in [0, 0.1) is 6.92 Å². The number of carbonyl (C=O) groups excluding carboxylic acids is 2. The molecule has 1 aromatic carbocycles. The highest BCUT2D eigenvalue weighted by molar-refractivity contribution is 6.46. The molecule has 2 heterocycles. The number of amides is 1. The van der Waals surface area contributed by atoms with Crippen LogP contribution in [-0.2, 0) is 14.3 Å². The van der Waals surface area contributed by atoms with E-state index in [1.54, 1.807) is 31.4 Å². The molecule has 7 heteroatoms. The number of ketones is 1. The molecule has 0 radical (unpaired) electrons. The summed E-state index contributed by atoms with van der Waals surface area (Å²) in [6, 6.07) is 7.81. The number of ether oxygens (including phenoxy) is 2. The van der Waals surface area contributed by atoms with Crippen molar-refractivity contribution in [3.05, 3.63) is 59.1 Å². The van der Waals surface area contributed by atoms with Crippen LogP contribution in [0.4, 0.5) is 0 Å². The Balaban J connectivity index is 2.14. The number of nitrogens with zero attached hydrogens (tertiary/aromatic N) is 1. The van der Waals surface area contributed by atoms with E-state index in [9.17, 15) is 14.7 Å². The van der Waals surface area contributed by atoms with Gasteiger partial charge in [-0.05, 0) is 37.6 Å². The molecule has 0 saturated carbocycles. The second kappa shape index (κ2) is 8.31. The molecule has 1 aromatic heterocycles. The maximum atomic E-state index is 12.8. The number of hydrogen-bond donors (Lipinski definition) is 1. The van der Waals surface area contributed by atoms with Gasteiger partial charge in [0.15, 0.2) is 0 Å². The maximum Gasteiger partial charge on any atom is 0.295 e. The molecule has 1 saturated heterocycles. The van der Waals surface area contributed by atoms with Crippen LogP contribution >= 0.6 is 0 Å². The number of aliphatic hydroxyl groups excluding tert-OH is 1. The van der Waals surface area contributed by atoms with Crippen molar-refractivity contribution in [2.45, 2.75) is 19.4 Å². The van der Waals surface area contributed by atoms with E-state index >= 15 is 0 Å². The van der Waals surface area contributed by atoms with Crippen molar-refractivity contribution in [1.82, 2.24) is 4.90 Å². The van der Waals surface area contributed by atoms with Crippen LogP contribution in [0.3, 0.4) is 0 Å². The number of hydrogen-bond acceptors (Lipinski definition) is 6. The lowest BCUT2D eigenvalue weighted by Crippen LogP contribution is -2.31. The summed E-state index contributed by atoms with van der Waals surface area (Å²) in [7, 11) is 3.05. The highest BCUT2D eigenvalue weighted by atomic mass is 16.5. The van der Waals surface area contributed by atoms with E-state index in [-0.39, 0.29) is 11.3 Å². The third kappa shape index (κ3) is 3.53. The standard InChI is InChI=1S/C21H23NO6/c1-13-7-8-15(27-3)14(12-13)19(23)17-18(16-6-4-11-28-16)22(9-5-10-26-2)21(25)20(17)24/h4,6-8,11-12,18,23H,5,9-10H2,1-3H3/b19-17-. The summed E-state index contributed by atoms with van der Waals surface area (Å²) in [6.45, 7) is 2.61. The summed E-state index contributed by atoms with van der Waals surface area (Å²) >= 11 is 0. The fourth-order valence-electron chi connectivity index (χ4n) is 3.38. The van der Waals surface area contributed by atoms with E-state index in [0.717, 1.165) is 5.56 Å². The highest BCUT2D eigenvalue weighted by Crippen LogP contribution is 2.41. The van der Waals surface area contributed by atoms with E-state index in [1.807, 2.05) is 13.0 Å². The fourth-order valence-corrected chi connectivity index (χ4v) is 3.38. The van der Waals surface area contributed by atoms with Gasteiger partial charge in [-0.25, -0.2) is 0 Å². The Morgan fingerprint density at radius 2 is 2.04 bits per heavy atom. The van der Waals surface area contributed by atoms with Gasteiger partial charge in [-0.3, -0.25) is 9.59 Å². The fraction of sp³-hybridized carbons (Fsp3) is 0.333. The largest absolute Gasteiger partial charge is 0.507 e. The molecular formula is C21H23NO6. The van der Waals surface area contributed by atoms with Gasteiger partial charge in [-0.15, -0.1) is 0 Å². The van der Waals surface area contributed by atoms with Crippen LogP contribution in [0.15, 0.2) is 46.6 Å². The zero-order valence-corrected chi connectivity index (χ0v) is 16.1. The summed E-state index contributed by atoms with van der Waals surface area (Å²) in [5.74, 6) is -0.892. The number of methoxy groups -OCH3 is 2. The molecule has 7 nitrogen and oxygen atoms in total. The zero-order chi connectivity index (χ0) is 20.3. The van der Waals surface area contributed by atoms with Crippen molar-refractivity contribution in [3.8, 4) is 5.75 Å². The van der Waals surface area contributed by atoms with Crippen LogP contribution in [0.1, 0.15) is 29.3 Å². The van der Waals surface area contributed by atoms with Gasteiger partial charge in [0, 0.05) is 20.3 Å². The monoisotopic (exact) mass is 385 g/mol. The van der Waals surface area contributed by atoms with Gasteiger partial charge in [0.1, 0.15) is 23.3 Å². The van der Waals surface area contributed by atoms with Gasteiger partial charge in [0.25, 0.3) is 11.7 Å². The van der Waals surface area contributed by atoms with Gasteiger partial charge in [-0.2, -0.15) is 0 Å². The minimum Gasteiger partial charge on any atom is -0.507 e. The van der Waals surface area contributed by atoms with Crippen LogP contribution in [0.5, 0.6) is 5.75 Å². The molecular weight excluding hydrogens is 362 g/mol. The Morgan fingerprint density at radius 3 is 2.68 bits per heavy atom. The Kier molecular flexibility index (Phi) is 5.84. The minimum absolute atomic E-state index is 0.0127. The highest BCUT2D eigenvalue weighted by Gasteiger charge is 2.47. The van der Waals surface area contributed by atoms with Crippen molar-refractivity contribution in [2.75, 3.05) is 27.4 Å². The Morgan fingerprint density at radius 1 is 1.25 bits per heavy atom. The number of Topliss-reactive ketones (excluding diaryl/α,β-unsaturated/α-hetero) is 1. The molecule has 1 amide bonds. The molecule has 28 heavy (non-hydrogen) atoms. The van der Waals surface area contributed by atoms with Crippen molar-refractivity contribution in [1.29, 1.82) is 0 Å². The first-order valence-electron chi connectivity index (χ1n) is 8.95. The number of benzene rings is 1. The molecule has 1 aliphatic rings. The second-order valence-electron chi connectivity index (χ2n) is 6.56. The van der Waals surface area contributed by atoms with Gasteiger partial charge in [0.2, 0.25) is 0 Å². The molecule has 3 rings (SSSR count). The minimum atomic E-state index is -0.808. The van der Waals surface area contributed by atoms with E-state index in [4.69, 9.17) is 13.9 Å². The Labute approximate surface area is 163 Å².